The summed E-state index contributed by atoms with van der Waals surface area (Å²) in [6, 6.07) is 6.60. The number of carbonyl (C=O) groups excluding carboxylic acids is 1. The van der Waals surface area contributed by atoms with Crippen molar-refractivity contribution in [2.75, 3.05) is 25.0 Å². The van der Waals surface area contributed by atoms with E-state index >= 15 is 0 Å². The summed E-state index contributed by atoms with van der Waals surface area (Å²) in [4.78, 5) is 25.4. The summed E-state index contributed by atoms with van der Waals surface area (Å²) >= 11 is 0. The minimum absolute atomic E-state index is 0.0206. The van der Waals surface area contributed by atoms with Crippen LogP contribution in [0.1, 0.15) is 30.1 Å². The summed E-state index contributed by atoms with van der Waals surface area (Å²) in [5.41, 5.74) is 0.177. The molecule has 2 rings (SSSR count). The lowest BCUT2D eigenvalue weighted by molar-refractivity contribution is -0.128. The van der Waals surface area contributed by atoms with E-state index in [1.54, 1.807) is 25.2 Å². The minimum atomic E-state index is -1.02. The minimum Gasteiger partial charge on any atom is -0.478 e. The summed E-state index contributed by atoms with van der Waals surface area (Å²) in [6.45, 7) is 3.59. The van der Waals surface area contributed by atoms with E-state index < -0.39 is 11.4 Å². The largest absolute Gasteiger partial charge is 0.478 e. The summed E-state index contributed by atoms with van der Waals surface area (Å²) < 4.78 is 0. The predicted molar refractivity (Wildman–Crippen MR) is 77.0 cm³/mol. The SMILES string of the molecule is CN(C(=O)C1(C)CCNCC1)c1ccccc1C(=O)O. The molecule has 2 N–H and O–H groups in total. The molecule has 5 nitrogen and oxygen atoms in total. The Balaban J connectivity index is 2.29. The van der Waals surface area contributed by atoms with Crippen molar-refractivity contribution in [2.45, 2.75) is 19.8 Å². The highest BCUT2D eigenvalue weighted by molar-refractivity contribution is 6.03. The van der Waals surface area contributed by atoms with Crippen LogP contribution in [-0.2, 0) is 4.79 Å². The van der Waals surface area contributed by atoms with Crippen LogP contribution in [0.25, 0.3) is 0 Å². The number of carboxylic acid groups (broad SMARTS) is 1. The number of para-hydroxylation sites is 1. The molecule has 1 saturated heterocycles. The van der Waals surface area contributed by atoms with Crippen LogP contribution in [0.3, 0.4) is 0 Å². The zero-order chi connectivity index (χ0) is 14.8. The number of piperidine rings is 1. The molecule has 1 aliphatic heterocycles. The number of anilines is 1. The van der Waals surface area contributed by atoms with Crippen molar-refractivity contribution in [3.8, 4) is 0 Å². The Labute approximate surface area is 118 Å². The van der Waals surface area contributed by atoms with Crippen LogP contribution in [0, 0.1) is 5.41 Å². The number of carbonyl (C=O) groups is 2. The first-order valence-electron chi connectivity index (χ1n) is 6.77. The molecule has 0 spiro atoms. The first kappa shape index (κ1) is 14.5. The molecule has 1 aromatic carbocycles. The number of nitrogens with one attached hydrogen (secondary N) is 1. The zero-order valence-corrected chi connectivity index (χ0v) is 11.8. The summed E-state index contributed by atoms with van der Waals surface area (Å²) in [5, 5.41) is 12.5. The van der Waals surface area contributed by atoms with Crippen LogP contribution >= 0.6 is 0 Å². The van der Waals surface area contributed by atoms with Gasteiger partial charge in [-0.05, 0) is 38.1 Å². The monoisotopic (exact) mass is 276 g/mol. The smallest absolute Gasteiger partial charge is 0.337 e. The average molecular weight is 276 g/mol. The third-order valence-corrected chi connectivity index (χ3v) is 4.02. The van der Waals surface area contributed by atoms with Crippen LogP contribution in [0.2, 0.25) is 0 Å². The highest BCUT2D eigenvalue weighted by Crippen LogP contribution is 2.32. The highest BCUT2D eigenvalue weighted by Gasteiger charge is 2.37. The van der Waals surface area contributed by atoms with E-state index in [1.807, 2.05) is 6.92 Å². The van der Waals surface area contributed by atoms with Gasteiger partial charge in [0.05, 0.1) is 11.3 Å². The maximum Gasteiger partial charge on any atom is 0.337 e. The van der Waals surface area contributed by atoms with Gasteiger partial charge in [-0.2, -0.15) is 0 Å². The fourth-order valence-corrected chi connectivity index (χ4v) is 2.65. The lowest BCUT2D eigenvalue weighted by Crippen LogP contribution is -2.46. The van der Waals surface area contributed by atoms with Crippen LogP contribution in [-0.4, -0.2) is 37.1 Å². The van der Waals surface area contributed by atoms with Crippen molar-refractivity contribution in [1.82, 2.24) is 5.32 Å². The normalized spacial score (nSPS) is 17.5. The van der Waals surface area contributed by atoms with E-state index in [0.717, 1.165) is 25.9 Å². The molecule has 20 heavy (non-hydrogen) atoms. The van der Waals surface area contributed by atoms with Crippen molar-refractivity contribution in [2.24, 2.45) is 5.41 Å². The summed E-state index contributed by atoms with van der Waals surface area (Å²) in [5.74, 6) is -1.04. The Bertz CT molecular complexity index is 522. The first-order chi connectivity index (χ1) is 9.46. The van der Waals surface area contributed by atoms with Gasteiger partial charge >= 0.3 is 5.97 Å². The number of nitrogens with zero attached hydrogens (tertiary/aromatic N) is 1. The van der Waals surface area contributed by atoms with Gasteiger partial charge in [-0.25, -0.2) is 4.79 Å². The van der Waals surface area contributed by atoms with Crippen molar-refractivity contribution in [3.05, 3.63) is 29.8 Å². The second-order valence-corrected chi connectivity index (χ2v) is 5.50. The molecule has 1 fully saturated rings. The van der Waals surface area contributed by atoms with Gasteiger partial charge in [0.25, 0.3) is 0 Å². The standard InChI is InChI=1S/C15H20N2O3/c1-15(7-9-16-10-8-15)14(20)17(2)12-6-4-3-5-11(12)13(18)19/h3-6,16H,7-10H2,1-2H3,(H,18,19). The van der Waals surface area contributed by atoms with Crippen LogP contribution in [0.15, 0.2) is 24.3 Å². The molecule has 108 valence electrons. The molecule has 0 atom stereocenters. The molecular weight excluding hydrogens is 256 g/mol. The number of rotatable bonds is 3. The van der Waals surface area contributed by atoms with E-state index in [2.05, 4.69) is 5.32 Å². The Morgan fingerprint density at radius 2 is 1.85 bits per heavy atom. The number of carboxylic acids is 1. The van der Waals surface area contributed by atoms with Crippen molar-refractivity contribution in [3.63, 3.8) is 0 Å². The van der Waals surface area contributed by atoms with Crippen LogP contribution in [0.4, 0.5) is 5.69 Å². The molecule has 1 heterocycles. The topological polar surface area (TPSA) is 69.6 Å². The molecule has 1 aliphatic rings. The molecule has 0 aliphatic carbocycles. The molecule has 0 radical (unpaired) electrons. The first-order valence-corrected chi connectivity index (χ1v) is 6.77. The molecular formula is C15H20N2O3. The van der Waals surface area contributed by atoms with Crippen molar-refractivity contribution >= 4 is 17.6 Å². The average Bonchev–Trinajstić information content (AvgIpc) is 2.46. The number of benzene rings is 1. The molecule has 0 aromatic heterocycles. The fraction of sp³-hybridized carbons (Fsp3) is 0.467. The molecule has 1 aromatic rings. The zero-order valence-electron chi connectivity index (χ0n) is 11.8. The van der Waals surface area contributed by atoms with Gasteiger partial charge in [-0.1, -0.05) is 19.1 Å². The van der Waals surface area contributed by atoms with Gasteiger partial charge in [0, 0.05) is 12.5 Å². The second-order valence-electron chi connectivity index (χ2n) is 5.50. The van der Waals surface area contributed by atoms with E-state index in [9.17, 15) is 14.7 Å². The molecule has 0 saturated carbocycles. The van der Waals surface area contributed by atoms with Gasteiger partial charge in [0.2, 0.25) is 5.91 Å². The molecule has 1 amide bonds. The van der Waals surface area contributed by atoms with E-state index in [4.69, 9.17) is 0 Å². The quantitative estimate of drug-likeness (QED) is 0.882. The van der Waals surface area contributed by atoms with Crippen molar-refractivity contribution in [1.29, 1.82) is 0 Å². The Morgan fingerprint density at radius 3 is 2.45 bits per heavy atom. The van der Waals surface area contributed by atoms with Gasteiger partial charge in [-0.15, -0.1) is 0 Å². The van der Waals surface area contributed by atoms with Crippen LogP contribution in [0.5, 0.6) is 0 Å². The van der Waals surface area contributed by atoms with Gasteiger partial charge in [0.15, 0.2) is 0 Å². The molecule has 5 heteroatoms. The predicted octanol–water partition coefficient (Wildman–Crippen LogP) is 1.74. The lowest BCUT2D eigenvalue weighted by atomic mass is 9.79. The number of aromatic carboxylic acids is 1. The lowest BCUT2D eigenvalue weighted by Gasteiger charge is -2.36. The van der Waals surface area contributed by atoms with Gasteiger partial charge in [-0.3, -0.25) is 4.79 Å². The third kappa shape index (κ3) is 2.67. The Morgan fingerprint density at radius 1 is 1.25 bits per heavy atom. The van der Waals surface area contributed by atoms with Gasteiger partial charge < -0.3 is 15.3 Å². The van der Waals surface area contributed by atoms with E-state index in [1.165, 1.54) is 11.0 Å². The fourth-order valence-electron chi connectivity index (χ4n) is 2.65. The van der Waals surface area contributed by atoms with Crippen LogP contribution < -0.4 is 10.2 Å². The van der Waals surface area contributed by atoms with Gasteiger partial charge in [0.1, 0.15) is 0 Å². The Hall–Kier alpha value is -1.88. The summed E-state index contributed by atoms with van der Waals surface area (Å²) in [7, 11) is 1.65. The highest BCUT2D eigenvalue weighted by atomic mass is 16.4. The van der Waals surface area contributed by atoms with E-state index in [0.29, 0.717) is 5.69 Å². The number of hydrogen-bond acceptors (Lipinski definition) is 3. The molecule has 0 unspecified atom stereocenters. The maximum atomic E-state index is 12.7. The third-order valence-electron chi connectivity index (χ3n) is 4.02. The Kier molecular flexibility index (Phi) is 4.09. The van der Waals surface area contributed by atoms with Crippen molar-refractivity contribution < 1.29 is 14.7 Å². The summed E-state index contributed by atoms with van der Waals surface area (Å²) in [6.07, 6.45) is 1.54. The number of amides is 1. The van der Waals surface area contributed by atoms with E-state index in [-0.39, 0.29) is 11.5 Å². The number of hydrogen-bond donors (Lipinski definition) is 2. The maximum absolute atomic E-state index is 12.7. The molecule has 0 bridgehead atoms. The second kappa shape index (κ2) is 5.63.